The molecular weight excluding hydrogens is 370 g/mol. The van der Waals surface area contributed by atoms with Crippen LogP contribution >= 0.6 is 0 Å². The summed E-state index contributed by atoms with van der Waals surface area (Å²) in [5, 5.41) is 12.6. The second kappa shape index (κ2) is 8.13. The minimum absolute atomic E-state index is 0.0781. The second-order valence-corrected chi connectivity index (χ2v) is 7.53. The molecule has 7 nitrogen and oxygen atoms in total. The zero-order valence-electron chi connectivity index (χ0n) is 16.4. The first-order valence-corrected chi connectivity index (χ1v) is 9.88. The van der Waals surface area contributed by atoms with Crippen LogP contribution in [0.3, 0.4) is 0 Å². The van der Waals surface area contributed by atoms with Crippen LogP contribution in [0.5, 0.6) is 5.75 Å². The third kappa shape index (κ3) is 4.05. The quantitative estimate of drug-likeness (QED) is 0.619. The van der Waals surface area contributed by atoms with Gasteiger partial charge in [0.05, 0.1) is 24.2 Å². The number of ether oxygens (including phenoxy) is 1. The fraction of sp³-hybridized carbons (Fsp3) is 0.364. The minimum Gasteiger partial charge on any atom is -0.497 e. The van der Waals surface area contributed by atoms with Crippen molar-refractivity contribution in [3.63, 3.8) is 0 Å². The summed E-state index contributed by atoms with van der Waals surface area (Å²) >= 11 is 0. The highest BCUT2D eigenvalue weighted by molar-refractivity contribution is 5.97. The number of hydrogen-bond acceptors (Lipinski definition) is 4. The topological polar surface area (TPSA) is 96.4 Å². The maximum absolute atomic E-state index is 12.6. The van der Waals surface area contributed by atoms with Crippen molar-refractivity contribution in [1.29, 1.82) is 0 Å². The van der Waals surface area contributed by atoms with E-state index in [1.165, 1.54) is 0 Å². The molecule has 0 radical (unpaired) electrons. The zero-order valence-corrected chi connectivity index (χ0v) is 16.4. The number of hydrogen-bond donors (Lipinski definition) is 3. The molecule has 4 rings (SSSR count). The number of rotatable bonds is 5. The van der Waals surface area contributed by atoms with Crippen LogP contribution in [0.4, 0.5) is 0 Å². The molecule has 2 aromatic carbocycles. The third-order valence-corrected chi connectivity index (χ3v) is 5.62. The number of aromatic nitrogens is 2. The number of methoxy groups -OCH3 is 1. The third-order valence-electron chi connectivity index (χ3n) is 5.62. The van der Waals surface area contributed by atoms with Gasteiger partial charge < -0.3 is 20.1 Å². The monoisotopic (exact) mass is 395 g/mol. The average molecular weight is 395 g/mol. The summed E-state index contributed by atoms with van der Waals surface area (Å²) in [5.41, 5.74) is 2.75. The Kier molecular flexibility index (Phi) is 5.40. The van der Waals surface area contributed by atoms with Gasteiger partial charge >= 0.3 is 5.69 Å². The van der Waals surface area contributed by atoms with E-state index in [0.717, 1.165) is 29.7 Å². The van der Waals surface area contributed by atoms with Gasteiger partial charge in [-0.15, -0.1) is 0 Å². The molecule has 0 unspecified atom stereocenters. The van der Waals surface area contributed by atoms with Crippen LogP contribution in [0.25, 0.3) is 11.0 Å². The number of benzene rings is 2. The Labute approximate surface area is 168 Å². The van der Waals surface area contributed by atoms with Crippen LogP contribution in [0.1, 0.15) is 47.6 Å². The van der Waals surface area contributed by atoms with E-state index in [-0.39, 0.29) is 23.7 Å². The molecule has 1 aliphatic rings. The Balaban J connectivity index is 1.49. The number of aromatic amines is 1. The molecule has 0 aliphatic heterocycles. The van der Waals surface area contributed by atoms with Gasteiger partial charge in [-0.05, 0) is 61.6 Å². The Morgan fingerprint density at radius 3 is 2.59 bits per heavy atom. The van der Waals surface area contributed by atoms with E-state index in [0.29, 0.717) is 30.5 Å². The molecule has 3 aromatic rings. The van der Waals surface area contributed by atoms with Crippen LogP contribution in [0.15, 0.2) is 47.3 Å². The van der Waals surface area contributed by atoms with E-state index in [4.69, 9.17) is 4.74 Å². The number of H-pyrrole nitrogens is 1. The van der Waals surface area contributed by atoms with Crippen LogP contribution < -0.4 is 15.7 Å². The van der Waals surface area contributed by atoms with Crippen LogP contribution in [-0.2, 0) is 6.54 Å². The molecule has 1 aliphatic carbocycles. The van der Waals surface area contributed by atoms with Crippen molar-refractivity contribution in [3.8, 4) is 5.75 Å². The van der Waals surface area contributed by atoms with E-state index in [2.05, 4.69) is 10.3 Å². The van der Waals surface area contributed by atoms with Crippen molar-refractivity contribution in [1.82, 2.24) is 14.9 Å². The van der Waals surface area contributed by atoms with Gasteiger partial charge in [-0.3, -0.25) is 9.36 Å². The summed E-state index contributed by atoms with van der Waals surface area (Å²) < 4.78 is 6.90. The summed E-state index contributed by atoms with van der Waals surface area (Å²) in [6, 6.07) is 12.9. The highest BCUT2D eigenvalue weighted by Crippen LogP contribution is 2.30. The molecule has 0 bridgehead atoms. The lowest BCUT2D eigenvalue weighted by Gasteiger charge is -2.26. The molecule has 1 heterocycles. The maximum atomic E-state index is 12.6. The van der Waals surface area contributed by atoms with E-state index < -0.39 is 0 Å². The lowest BCUT2D eigenvalue weighted by Crippen LogP contribution is -2.27. The zero-order chi connectivity index (χ0) is 20.4. The number of amides is 1. The van der Waals surface area contributed by atoms with Crippen molar-refractivity contribution in [3.05, 3.63) is 64.1 Å². The first-order chi connectivity index (χ1) is 14.0. The molecule has 1 saturated carbocycles. The highest BCUT2D eigenvalue weighted by Gasteiger charge is 2.24. The van der Waals surface area contributed by atoms with Gasteiger partial charge in [-0.1, -0.05) is 12.1 Å². The standard InChI is InChI=1S/C22H25N3O4/c1-29-18-9-2-14(3-10-18)13-23-21(27)15-4-11-20-19(12-15)24-22(28)25(20)16-5-7-17(26)8-6-16/h2-4,9-12,16-17,26H,5-8,13H2,1H3,(H,23,27)(H,24,28). The smallest absolute Gasteiger partial charge is 0.326 e. The molecule has 3 N–H and O–H groups in total. The van der Waals surface area contributed by atoms with Crippen LogP contribution in [0, 0.1) is 0 Å². The Hall–Kier alpha value is -3.06. The molecule has 0 atom stereocenters. The summed E-state index contributed by atoms with van der Waals surface area (Å²) in [6.45, 7) is 0.406. The molecule has 1 fully saturated rings. The van der Waals surface area contributed by atoms with Gasteiger partial charge in [0.2, 0.25) is 0 Å². The molecule has 152 valence electrons. The fourth-order valence-electron chi connectivity index (χ4n) is 3.98. The lowest BCUT2D eigenvalue weighted by atomic mass is 9.93. The second-order valence-electron chi connectivity index (χ2n) is 7.53. The van der Waals surface area contributed by atoms with Crippen molar-refractivity contribution >= 4 is 16.9 Å². The molecule has 1 amide bonds. The van der Waals surface area contributed by atoms with Crippen molar-refractivity contribution < 1.29 is 14.6 Å². The van der Waals surface area contributed by atoms with Crippen molar-refractivity contribution in [2.45, 2.75) is 44.4 Å². The largest absolute Gasteiger partial charge is 0.497 e. The Bertz CT molecular complexity index is 1060. The number of fused-ring (bicyclic) bond motifs is 1. The van der Waals surface area contributed by atoms with E-state index in [1.54, 1.807) is 23.8 Å². The summed E-state index contributed by atoms with van der Waals surface area (Å²) in [7, 11) is 1.61. The molecule has 0 spiro atoms. The number of nitrogens with one attached hydrogen (secondary N) is 2. The van der Waals surface area contributed by atoms with E-state index in [1.807, 2.05) is 30.3 Å². The number of carbonyl (C=O) groups is 1. The summed E-state index contributed by atoms with van der Waals surface area (Å²) in [5.74, 6) is 0.573. The van der Waals surface area contributed by atoms with Gasteiger partial charge in [0.25, 0.3) is 5.91 Å². The summed E-state index contributed by atoms with van der Waals surface area (Å²) in [4.78, 5) is 27.9. The maximum Gasteiger partial charge on any atom is 0.326 e. The Morgan fingerprint density at radius 2 is 1.90 bits per heavy atom. The fourth-order valence-corrected chi connectivity index (χ4v) is 3.98. The van der Waals surface area contributed by atoms with E-state index in [9.17, 15) is 14.7 Å². The van der Waals surface area contributed by atoms with Gasteiger partial charge in [-0.2, -0.15) is 0 Å². The summed E-state index contributed by atoms with van der Waals surface area (Å²) in [6.07, 6.45) is 2.69. The van der Waals surface area contributed by atoms with Gasteiger partial charge in [0.1, 0.15) is 5.75 Å². The SMILES string of the molecule is COc1ccc(CNC(=O)c2ccc3c(c2)[nH]c(=O)n3C2CCC(O)CC2)cc1. The number of aliphatic hydroxyl groups is 1. The number of carbonyl (C=O) groups excluding carboxylic acids is 1. The van der Waals surface area contributed by atoms with Gasteiger partial charge in [0, 0.05) is 18.2 Å². The van der Waals surface area contributed by atoms with Crippen LogP contribution in [0.2, 0.25) is 0 Å². The molecule has 1 aromatic heterocycles. The predicted octanol–water partition coefficient (Wildman–Crippen LogP) is 2.74. The minimum atomic E-state index is -0.270. The number of imidazole rings is 1. The van der Waals surface area contributed by atoms with Crippen LogP contribution in [-0.4, -0.2) is 33.8 Å². The van der Waals surface area contributed by atoms with Crippen molar-refractivity contribution in [2.75, 3.05) is 7.11 Å². The van der Waals surface area contributed by atoms with Crippen molar-refractivity contribution in [2.24, 2.45) is 0 Å². The van der Waals surface area contributed by atoms with E-state index >= 15 is 0 Å². The molecule has 0 saturated heterocycles. The average Bonchev–Trinajstić information content (AvgIpc) is 3.08. The first-order valence-electron chi connectivity index (χ1n) is 9.88. The molecular formula is C22H25N3O4. The Morgan fingerprint density at radius 1 is 1.17 bits per heavy atom. The number of nitrogens with zero attached hydrogens (tertiary/aromatic N) is 1. The number of aliphatic hydroxyl groups excluding tert-OH is 1. The lowest BCUT2D eigenvalue weighted by molar-refractivity contribution is 0.0951. The first kappa shape index (κ1) is 19.3. The predicted molar refractivity (Wildman–Crippen MR) is 110 cm³/mol. The highest BCUT2D eigenvalue weighted by atomic mass is 16.5. The van der Waals surface area contributed by atoms with Gasteiger partial charge in [-0.25, -0.2) is 4.79 Å². The molecule has 7 heteroatoms. The normalized spacial score (nSPS) is 19.2. The molecule has 29 heavy (non-hydrogen) atoms. The van der Waals surface area contributed by atoms with Gasteiger partial charge in [0.15, 0.2) is 0 Å².